The van der Waals surface area contributed by atoms with Crippen LogP contribution in [0, 0.1) is 0 Å². The van der Waals surface area contributed by atoms with Crippen LogP contribution in [0.1, 0.15) is 118 Å². The summed E-state index contributed by atoms with van der Waals surface area (Å²) in [7, 11) is 0. The van der Waals surface area contributed by atoms with E-state index in [0.29, 0.717) is 38.8 Å². The van der Waals surface area contributed by atoms with Crippen LogP contribution in [0.25, 0.3) is 21.8 Å². The van der Waals surface area contributed by atoms with Crippen LogP contribution in [0.4, 0.5) is 9.59 Å². The highest BCUT2D eigenvalue weighted by atomic mass is 79.9. The number of hydrogen-bond acceptors (Lipinski definition) is 14. The maximum atomic E-state index is 12.9. The summed E-state index contributed by atoms with van der Waals surface area (Å²) in [5, 5.41) is 12.8. The number of hydrogen-bond donors (Lipinski definition) is 6. The number of nitrogens with two attached hydrogens (primary N) is 1. The van der Waals surface area contributed by atoms with Crippen molar-refractivity contribution in [1.82, 2.24) is 46.8 Å². The van der Waals surface area contributed by atoms with Crippen molar-refractivity contribution in [2.75, 3.05) is 19.7 Å². The molecule has 74 heavy (non-hydrogen) atoms. The summed E-state index contributed by atoms with van der Waals surface area (Å²) in [6, 6.07) is 16.6. The lowest BCUT2D eigenvalue weighted by Gasteiger charge is -2.35. The fourth-order valence-electron chi connectivity index (χ4n) is 7.16. The fraction of sp³-hybridized carbons (Fsp3) is 0.520. The molecule has 6 rings (SSSR count). The quantitative estimate of drug-likeness (QED) is 0.0493. The van der Waals surface area contributed by atoms with E-state index in [9.17, 15) is 28.8 Å². The first-order valence-electron chi connectivity index (χ1n) is 23.9. The summed E-state index contributed by atoms with van der Waals surface area (Å²) in [5.41, 5.74) is 13.7. The molecule has 0 saturated carbocycles. The van der Waals surface area contributed by atoms with Crippen molar-refractivity contribution < 1.29 is 43.0 Å². The largest absolute Gasteiger partial charge is 0.460 e. The molecule has 0 unspecified atom stereocenters. The summed E-state index contributed by atoms with van der Waals surface area (Å²) in [6.07, 6.45) is 0.931. The molecule has 2 aliphatic heterocycles. The Bertz CT molecular complexity index is 2620. The molecule has 4 heterocycles. The number of nitrogens with zero attached hydrogens (tertiary/aromatic N) is 4. The van der Waals surface area contributed by atoms with Crippen LogP contribution in [0.15, 0.2) is 69.6 Å². The molecule has 0 bridgehead atoms. The van der Waals surface area contributed by atoms with Crippen molar-refractivity contribution in [2.45, 2.75) is 146 Å². The number of pyridine rings is 2. The minimum Gasteiger partial charge on any atom is -0.460 e. The molecule has 19 nitrogen and oxygen atoms in total. The van der Waals surface area contributed by atoms with E-state index >= 15 is 0 Å². The van der Waals surface area contributed by atoms with Crippen LogP contribution in [-0.2, 0) is 33.4 Å². The first kappa shape index (κ1) is 61.9. The molecule has 2 fully saturated rings. The van der Waals surface area contributed by atoms with Crippen LogP contribution in [0.2, 0.25) is 0 Å². The topological polar surface area (TPSA) is 249 Å². The van der Waals surface area contributed by atoms with Gasteiger partial charge in [-0.15, -0.1) is 0 Å². The fourth-order valence-corrected chi connectivity index (χ4v) is 8.02. The summed E-state index contributed by atoms with van der Waals surface area (Å²) >= 11 is 23.5. The molecule has 6 atom stereocenters. The number of benzene rings is 2. The summed E-state index contributed by atoms with van der Waals surface area (Å²) < 4.78 is 15.5. The lowest BCUT2D eigenvalue weighted by Crippen LogP contribution is -2.61. The number of esters is 1. The van der Waals surface area contributed by atoms with Gasteiger partial charge < -0.3 is 35.9 Å². The Balaban J connectivity index is 0.000000261. The van der Waals surface area contributed by atoms with E-state index in [1.807, 2.05) is 74.5 Å². The van der Waals surface area contributed by atoms with Gasteiger partial charge in [0.25, 0.3) is 11.8 Å². The van der Waals surface area contributed by atoms with Crippen molar-refractivity contribution in [3.05, 3.63) is 81.0 Å². The molecule has 2 aromatic carbocycles. The third kappa shape index (κ3) is 20.8. The van der Waals surface area contributed by atoms with Gasteiger partial charge in [0.1, 0.15) is 42.0 Å². The molecule has 24 heteroatoms. The van der Waals surface area contributed by atoms with Crippen LogP contribution in [0.5, 0.6) is 0 Å². The van der Waals surface area contributed by atoms with Crippen molar-refractivity contribution in [3.8, 4) is 0 Å². The van der Waals surface area contributed by atoms with Gasteiger partial charge in [0, 0.05) is 38.8 Å². The Kier molecular flexibility index (Phi) is 23.0. The second-order valence-electron chi connectivity index (χ2n) is 19.8. The number of alkyl halides is 3. The lowest BCUT2D eigenvalue weighted by atomic mass is 10.1. The molecule has 0 radical (unpaired) electrons. The zero-order valence-electron chi connectivity index (χ0n) is 43.1. The summed E-state index contributed by atoms with van der Waals surface area (Å²) in [6.45, 7) is 17.8. The molecule has 406 valence electrons. The third-order valence-corrected chi connectivity index (χ3v) is 12.0. The number of nitrogens with one attached hydrogen (secondary N) is 5. The molecule has 2 aliphatic rings. The van der Waals surface area contributed by atoms with Gasteiger partial charge in [0.15, 0.2) is 0 Å². The number of amides is 5. The van der Waals surface area contributed by atoms with Crippen molar-refractivity contribution in [2.24, 2.45) is 5.73 Å². The van der Waals surface area contributed by atoms with Gasteiger partial charge >= 0.3 is 18.2 Å². The van der Waals surface area contributed by atoms with E-state index in [1.165, 1.54) is 16.9 Å². The summed E-state index contributed by atoms with van der Waals surface area (Å²) in [5.74, 6) is -1.58. The van der Waals surface area contributed by atoms with Crippen molar-refractivity contribution >= 4 is 124 Å². The molecule has 4 aromatic rings. The van der Waals surface area contributed by atoms with E-state index in [1.54, 1.807) is 48.5 Å². The molecular weight excluding hydrogens is 1150 g/mol. The predicted molar refractivity (Wildman–Crippen MR) is 293 cm³/mol. The standard InChI is InChI=1S/C24H32BrN5O4.C15H24Cl3N3O5.C11H11BrN2/c1-14(18-11-9-16-8-10-17(25)13-20(16)28-18)26-21(31)19-7-6-12-30(29-19)22(32)15(2)27-23(33)34-24(3,4)5;1-9(19-13(24)26-14(2,3)4)11(22)21-7-5-6-10(20-21)12(23)25-8-15(16,17)18;1-7(13)10-5-3-8-2-4-9(12)6-11(8)14-10/h8-11,13-15,19,29H,6-7,12H2,1-5H3,(H,26,31)(H,27,33);9-10,20H,5-8H2,1-4H3,(H,19,24);2-7H,13H2,1H3/t14-,15+,19+;9-,10-;7-/m101/s1. The Labute approximate surface area is 463 Å². The van der Waals surface area contributed by atoms with Gasteiger partial charge in [-0.1, -0.05) is 90.9 Å². The Morgan fingerprint density at radius 1 is 0.676 bits per heavy atom. The highest BCUT2D eigenvalue weighted by Crippen LogP contribution is 2.27. The Hall–Kier alpha value is -4.61. The molecule has 0 aliphatic carbocycles. The summed E-state index contributed by atoms with van der Waals surface area (Å²) in [4.78, 5) is 83.1. The second-order valence-corrected chi connectivity index (χ2v) is 24.1. The smallest absolute Gasteiger partial charge is 0.408 e. The van der Waals surface area contributed by atoms with E-state index in [0.717, 1.165) is 42.1 Å². The third-order valence-electron chi connectivity index (χ3n) is 10.7. The first-order valence-corrected chi connectivity index (χ1v) is 26.7. The highest BCUT2D eigenvalue weighted by molar-refractivity contribution is 9.10. The normalized spacial score (nSPS) is 17.7. The number of carbonyl (C=O) groups is 6. The number of halogens is 5. The average molecular weight is 1220 g/mol. The van der Waals surface area contributed by atoms with Gasteiger partial charge in [-0.2, -0.15) is 0 Å². The monoisotopic (exact) mass is 1210 g/mol. The van der Waals surface area contributed by atoms with Crippen LogP contribution in [-0.4, -0.2) is 115 Å². The molecule has 2 saturated heterocycles. The first-order chi connectivity index (χ1) is 34.4. The van der Waals surface area contributed by atoms with Gasteiger partial charge in [-0.3, -0.25) is 39.2 Å². The molecule has 5 amide bonds. The van der Waals surface area contributed by atoms with Crippen molar-refractivity contribution in [3.63, 3.8) is 0 Å². The van der Waals surface area contributed by atoms with E-state index < -0.39 is 63.2 Å². The zero-order chi connectivity index (χ0) is 55.3. The minimum absolute atomic E-state index is 0.0154. The Morgan fingerprint density at radius 2 is 1.09 bits per heavy atom. The highest BCUT2D eigenvalue weighted by Gasteiger charge is 2.35. The molecule has 2 aromatic heterocycles. The van der Waals surface area contributed by atoms with Crippen LogP contribution in [0.3, 0.4) is 0 Å². The average Bonchev–Trinajstić information content (AvgIpc) is 3.31. The number of rotatable bonds is 10. The number of ether oxygens (including phenoxy) is 3. The number of fused-ring (bicyclic) bond motifs is 2. The number of hydrazine groups is 2. The van der Waals surface area contributed by atoms with E-state index in [-0.39, 0.29) is 30.5 Å². The van der Waals surface area contributed by atoms with Crippen molar-refractivity contribution in [1.29, 1.82) is 0 Å². The second kappa shape index (κ2) is 27.4. The number of alkyl carbamates (subject to hydrolysis) is 2. The van der Waals surface area contributed by atoms with Crippen LogP contribution < -0.4 is 32.5 Å². The lowest BCUT2D eigenvalue weighted by molar-refractivity contribution is -0.152. The number of aromatic nitrogens is 2. The number of carbonyl (C=O) groups excluding carboxylic acids is 6. The molecular formula is C50H67Br2Cl3N10O9. The molecule has 0 spiro atoms. The minimum atomic E-state index is -1.70. The van der Waals surface area contributed by atoms with Gasteiger partial charge in [0.05, 0.1) is 28.5 Å². The zero-order valence-corrected chi connectivity index (χ0v) is 48.6. The maximum absolute atomic E-state index is 12.9. The Morgan fingerprint density at radius 3 is 1.54 bits per heavy atom. The molecule has 7 N–H and O–H groups in total. The van der Waals surface area contributed by atoms with Gasteiger partial charge in [-0.25, -0.2) is 20.4 Å². The van der Waals surface area contributed by atoms with Gasteiger partial charge in [-0.05, 0) is 131 Å². The van der Waals surface area contributed by atoms with Gasteiger partial charge in [0.2, 0.25) is 9.70 Å². The predicted octanol–water partition coefficient (Wildman–Crippen LogP) is 8.91. The van der Waals surface area contributed by atoms with E-state index in [4.69, 9.17) is 54.7 Å². The SMILES string of the molecule is C[C@@H](N)c1ccc2ccc(Br)cc2n1.C[C@H](NC(=O)OC(C)(C)C)C(=O)N1CCC[C@@H](C(=O)N[C@H](C)c2ccc3ccc(Br)cc3n2)N1.C[C@H](NC(=O)OC(C)(C)C)C(=O)N1CCC[C@@H](C(=O)OCC(Cl)(Cl)Cl)N1. The van der Waals surface area contributed by atoms with E-state index in [2.05, 4.69) is 68.6 Å². The van der Waals surface area contributed by atoms with Crippen LogP contribution >= 0.6 is 66.7 Å². The maximum Gasteiger partial charge on any atom is 0.408 e.